The monoisotopic (exact) mass is 257 g/mol. The lowest BCUT2D eigenvalue weighted by molar-refractivity contribution is 0.0787. The Labute approximate surface area is 111 Å². The van der Waals surface area contributed by atoms with Crippen molar-refractivity contribution in [1.82, 2.24) is 14.9 Å². The van der Waals surface area contributed by atoms with Gasteiger partial charge in [-0.3, -0.25) is 9.78 Å². The molecule has 0 saturated carbocycles. The van der Waals surface area contributed by atoms with Crippen LogP contribution in [0.4, 0.5) is 0 Å². The summed E-state index contributed by atoms with van der Waals surface area (Å²) in [4.78, 5) is 21.7. The van der Waals surface area contributed by atoms with E-state index in [1.54, 1.807) is 19.3 Å². The molecule has 1 N–H and O–H groups in total. The molecule has 0 aliphatic heterocycles. The van der Waals surface area contributed by atoms with Gasteiger partial charge in [0.2, 0.25) is 0 Å². The zero-order valence-electron chi connectivity index (χ0n) is 10.7. The molecule has 2 aromatic heterocycles. The first-order valence-electron chi connectivity index (χ1n) is 5.98. The first-order chi connectivity index (χ1) is 9.18. The summed E-state index contributed by atoms with van der Waals surface area (Å²) in [6.07, 6.45) is 3.87. The highest BCUT2D eigenvalue weighted by Gasteiger charge is 2.16. The minimum atomic E-state index is -0.297. The van der Waals surface area contributed by atoms with Crippen molar-refractivity contribution in [1.29, 1.82) is 0 Å². The molecule has 2 rings (SSSR count). The number of likely N-dealkylation sites (N-methyl/N-ethyl adjacent to an activating group) is 1. The van der Waals surface area contributed by atoms with Crippen molar-refractivity contribution in [3.05, 3.63) is 54.1 Å². The molecule has 1 amide bonds. The van der Waals surface area contributed by atoms with Crippen LogP contribution in [-0.2, 0) is 6.42 Å². The second-order valence-electron chi connectivity index (χ2n) is 4.17. The molecule has 19 heavy (non-hydrogen) atoms. The van der Waals surface area contributed by atoms with E-state index in [0.717, 1.165) is 5.69 Å². The molecule has 0 bridgehead atoms. The van der Waals surface area contributed by atoms with Crippen LogP contribution in [0, 0.1) is 0 Å². The number of pyridine rings is 2. The van der Waals surface area contributed by atoms with Crippen molar-refractivity contribution in [2.75, 3.05) is 13.6 Å². The van der Waals surface area contributed by atoms with Gasteiger partial charge in [-0.15, -0.1) is 0 Å². The van der Waals surface area contributed by atoms with Gasteiger partial charge < -0.3 is 10.0 Å². The average Bonchev–Trinajstić information content (AvgIpc) is 2.45. The molecule has 5 heteroatoms. The summed E-state index contributed by atoms with van der Waals surface area (Å²) in [5, 5.41) is 9.59. The number of aromatic nitrogens is 2. The molecule has 0 atom stereocenters. The van der Waals surface area contributed by atoms with Gasteiger partial charge >= 0.3 is 0 Å². The molecule has 0 saturated heterocycles. The van der Waals surface area contributed by atoms with Crippen LogP contribution in [0.2, 0.25) is 0 Å². The fraction of sp³-hybridized carbons (Fsp3) is 0.214. The predicted octanol–water partition coefficient (Wildman–Crippen LogP) is 1.50. The smallest absolute Gasteiger partial charge is 0.276 e. The van der Waals surface area contributed by atoms with Crippen LogP contribution < -0.4 is 0 Å². The molecular weight excluding hydrogens is 242 g/mol. The van der Waals surface area contributed by atoms with E-state index in [1.807, 2.05) is 18.2 Å². The topological polar surface area (TPSA) is 66.3 Å². The van der Waals surface area contributed by atoms with Crippen LogP contribution in [0.15, 0.2) is 42.7 Å². The maximum atomic E-state index is 12.1. The Balaban J connectivity index is 1.99. The minimum Gasteiger partial charge on any atom is -0.505 e. The summed E-state index contributed by atoms with van der Waals surface area (Å²) < 4.78 is 0. The molecule has 0 spiro atoms. The number of nitrogens with zero attached hydrogens (tertiary/aromatic N) is 3. The van der Waals surface area contributed by atoms with E-state index in [2.05, 4.69) is 9.97 Å². The molecule has 0 aromatic carbocycles. The molecule has 5 nitrogen and oxygen atoms in total. The second kappa shape index (κ2) is 5.95. The molecule has 0 fully saturated rings. The number of aromatic hydroxyl groups is 1. The second-order valence-corrected chi connectivity index (χ2v) is 4.17. The van der Waals surface area contributed by atoms with E-state index >= 15 is 0 Å². The van der Waals surface area contributed by atoms with Crippen LogP contribution in [0.3, 0.4) is 0 Å². The highest BCUT2D eigenvalue weighted by atomic mass is 16.3. The van der Waals surface area contributed by atoms with Crippen LogP contribution in [0.25, 0.3) is 0 Å². The van der Waals surface area contributed by atoms with Gasteiger partial charge in [0.15, 0.2) is 5.69 Å². The third kappa shape index (κ3) is 3.28. The van der Waals surface area contributed by atoms with Crippen molar-refractivity contribution in [3.63, 3.8) is 0 Å². The number of rotatable bonds is 4. The third-order valence-corrected chi connectivity index (χ3v) is 2.77. The molecule has 0 unspecified atom stereocenters. The van der Waals surface area contributed by atoms with Gasteiger partial charge in [-0.1, -0.05) is 6.07 Å². The lowest BCUT2D eigenvalue weighted by Gasteiger charge is -2.16. The summed E-state index contributed by atoms with van der Waals surface area (Å²) in [6, 6.07) is 8.71. The van der Waals surface area contributed by atoms with Crippen LogP contribution in [-0.4, -0.2) is 39.5 Å². The Hall–Kier alpha value is -2.43. The van der Waals surface area contributed by atoms with Crippen molar-refractivity contribution in [2.24, 2.45) is 0 Å². The third-order valence-electron chi connectivity index (χ3n) is 2.77. The van der Waals surface area contributed by atoms with Crippen molar-refractivity contribution in [2.45, 2.75) is 6.42 Å². The molecular formula is C14H15N3O2. The van der Waals surface area contributed by atoms with Crippen molar-refractivity contribution >= 4 is 5.91 Å². The zero-order chi connectivity index (χ0) is 13.7. The molecule has 0 aliphatic rings. The quantitative estimate of drug-likeness (QED) is 0.901. The van der Waals surface area contributed by atoms with Gasteiger partial charge in [0, 0.05) is 38.1 Å². The van der Waals surface area contributed by atoms with Gasteiger partial charge in [-0.2, -0.15) is 0 Å². The predicted molar refractivity (Wildman–Crippen MR) is 70.8 cm³/mol. The first-order valence-corrected chi connectivity index (χ1v) is 5.98. The lowest BCUT2D eigenvalue weighted by atomic mass is 10.2. The van der Waals surface area contributed by atoms with Crippen LogP contribution in [0.5, 0.6) is 5.75 Å². The summed E-state index contributed by atoms with van der Waals surface area (Å²) in [7, 11) is 1.68. The van der Waals surface area contributed by atoms with Gasteiger partial charge in [0.1, 0.15) is 5.75 Å². The highest BCUT2D eigenvalue weighted by molar-refractivity contribution is 5.94. The minimum absolute atomic E-state index is 0.0750. The zero-order valence-corrected chi connectivity index (χ0v) is 10.7. The average molecular weight is 257 g/mol. The summed E-state index contributed by atoms with van der Waals surface area (Å²) in [6.45, 7) is 0.520. The van der Waals surface area contributed by atoms with E-state index in [-0.39, 0.29) is 17.4 Å². The lowest BCUT2D eigenvalue weighted by Crippen LogP contribution is -2.29. The molecule has 2 aromatic rings. The van der Waals surface area contributed by atoms with Gasteiger partial charge in [-0.25, -0.2) is 4.98 Å². The summed E-state index contributed by atoms with van der Waals surface area (Å²) in [5.41, 5.74) is 0.999. The Morgan fingerprint density at radius 2 is 2.00 bits per heavy atom. The maximum absolute atomic E-state index is 12.1. The van der Waals surface area contributed by atoms with Crippen LogP contribution in [0.1, 0.15) is 16.2 Å². The molecule has 0 aliphatic carbocycles. The number of carbonyl (C=O) groups is 1. The standard InChI is InChI=1S/C14H15N3O2/c1-17(10-7-11-5-2-3-8-15-11)14(19)13-12(18)6-4-9-16-13/h2-6,8-9,18H,7,10H2,1H3. The van der Waals surface area contributed by atoms with Gasteiger partial charge in [0.25, 0.3) is 5.91 Å². The Kier molecular flexibility index (Phi) is 4.07. The number of hydrogen-bond acceptors (Lipinski definition) is 4. The Morgan fingerprint density at radius 3 is 2.68 bits per heavy atom. The van der Waals surface area contributed by atoms with E-state index in [1.165, 1.54) is 17.2 Å². The fourth-order valence-corrected chi connectivity index (χ4v) is 1.67. The number of carbonyl (C=O) groups excluding carboxylic acids is 1. The van der Waals surface area contributed by atoms with E-state index in [4.69, 9.17) is 0 Å². The van der Waals surface area contributed by atoms with Crippen molar-refractivity contribution in [3.8, 4) is 5.75 Å². The molecule has 98 valence electrons. The van der Waals surface area contributed by atoms with E-state index in [0.29, 0.717) is 13.0 Å². The van der Waals surface area contributed by atoms with E-state index in [9.17, 15) is 9.90 Å². The summed E-state index contributed by atoms with van der Waals surface area (Å²) >= 11 is 0. The Bertz CT molecular complexity index is 558. The van der Waals surface area contributed by atoms with E-state index < -0.39 is 0 Å². The fourth-order valence-electron chi connectivity index (χ4n) is 1.67. The normalized spacial score (nSPS) is 10.2. The molecule has 0 radical (unpaired) electrons. The maximum Gasteiger partial charge on any atom is 0.276 e. The van der Waals surface area contributed by atoms with Crippen molar-refractivity contribution < 1.29 is 9.90 Å². The number of hydrogen-bond donors (Lipinski definition) is 1. The van der Waals surface area contributed by atoms with Gasteiger partial charge in [-0.05, 0) is 24.3 Å². The Morgan fingerprint density at radius 1 is 1.21 bits per heavy atom. The molecule has 2 heterocycles. The summed E-state index contributed by atoms with van der Waals surface area (Å²) in [5.74, 6) is -0.397. The van der Waals surface area contributed by atoms with Crippen LogP contribution >= 0.6 is 0 Å². The highest BCUT2D eigenvalue weighted by Crippen LogP contribution is 2.14. The number of amides is 1. The SMILES string of the molecule is CN(CCc1ccccn1)C(=O)c1ncccc1O. The largest absolute Gasteiger partial charge is 0.505 e. The van der Waals surface area contributed by atoms with Gasteiger partial charge in [0.05, 0.1) is 0 Å². The first kappa shape index (κ1) is 13.0.